The summed E-state index contributed by atoms with van der Waals surface area (Å²) in [5, 5.41) is 26.0. The number of likely N-dealkylation sites (tertiary alicyclic amines) is 2. The van der Waals surface area contributed by atoms with Crippen LogP contribution in [0.3, 0.4) is 0 Å². The third-order valence-electron chi connectivity index (χ3n) is 8.79. The number of sulfonamides is 1. The first-order valence-electron chi connectivity index (χ1n) is 15.0. The van der Waals surface area contributed by atoms with E-state index in [1.165, 1.54) is 16.4 Å². The van der Waals surface area contributed by atoms with Gasteiger partial charge in [-0.05, 0) is 38.3 Å². The van der Waals surface area contributed by atoms with E-state index in [0.717, 1.165) is 29.8 Å². The molecule has 0 amide bonds. The summed E-state index contributed by atoms with van der Waals surface area (Å²) >= 11 is 1.06. The third kappa shape index (κ3) is 8.15. The molecule has 2 aromatic rings. The minimum absolute atomic E-state index is 0.0314. The van der Waals surface area contributed by atoms with Gasteiger partial charge in [-0.2, -0.15) is 22.6 Å². The van der Waals surface area contributed by atoms with Gasteiger partial charge in [-0.1, -0.05) is 6.07 Å². The molecule has 0 bridgehead atoms. The van der Waals surface area contributed by atoms with E-state index < -0.39 is 39.6 Å². The number of halogens is 4. The molecular weight excluding hydrogens is 622 g/mol. The van der Waals surface area contributed by atoms with E-state index >= 15 is 0 Å². The summed E-state index contributed by atoms with van der Waals surface area (Å²) < 4.78 is 83.4. The molecule has 15 heteroatoms. The maximum atomic E-state index is 14.0. The van der Waals surface area contributed by atoms with E-state index in [1.807, 2.05) is 4.90 Å². The van der Waals surface area contributed by atoms with Gasteiger partial charge in [0.15, 0.2) is 0 Å². The number of rotatable bonds is 10. The highest BCUT2D eigenvalue weighted by Gasteiger charge is 2.36. The monoisotopic (exact) mass is 663 g/mol. The van der Waals surface area contributed by atoms with Gasteiger partial charge in [0.25, 0.3) is 0 Å². The fraction of sp³-hybridized carbons (Fsp3) is 0.690. The van der Waals surface area contributed by atoms with Crippen LogP contribution in [0.2, 0.25) is 0 Å². The second-order valence-electron chi connectivity index (χ2n) is 12.5. The van der Waals surface area contributed by atoms with Gasteiger partial charge >= 0.3 is 6.18 Å². The van der Waals surface area contributed by atoms with E-state index in [9.17, 15) is 36.2 Å². The molecule has 2 N–H and O–H groups in total. The molecule has 0 aliphatic carbocycles. The Balaban J connectivity index is 1.41. The number of nitrogens with zero attached hydrogens (tertiary/aromatic N) is 5. The number of fused-ring (bicyclic) bond motifs is 1. The Morgan fingerprint density at radius 1 is 1.14 bits per heavy atom. The highest BCUT2D eigenvalue weighted by atomic mass is 32.2. The standard InChI is InChI=1S/C29H41F4N5O4S2/c1-28(40)7-11-36(12-8-28)17-22(39)18-38-25-6-10-37(44(2,41)42)19-23(25)27(34-38)20-3-4-24(29(31,32)33)26(15-20)43-14-13-35-9-5-21(30)16-35/h3-4,15,21-22,39-40H,5-14,16-19H2,1-2H3/t21-,22-/m0/s1. The van der Waals surface area contributed by atoms with Crippen LogP contribution in [0, 0.1) is 0 Å². The van der Waals surface area contributed by atoms with Crippen LogP contribution in [0.4, 0.5) is 17.6 Å². The minimum atomic E-state index is -4.57. The molecule has 3 aliphatic heterocycles. The number of benzene rings is 1. The normalized spacial score (nSPS) is 22.8. The first-order chi connectivity index (χ1) is 20.6. The summed E-state index contributed by atoms with van der Waals surface area (Å²) in [7, 11) is -3.53. The molecule has 2 saturated heterocycles. The van der Waals surface area contributed by atoms with E-state index in [-0.39, 0.29) is 31.1 Å². The summed E-state index contributed by atoms with van der Waals surface area (Å²) in [6.45, 7) is 5.21. The SMILES string of the molecule is CC1(O)CCN(C[C@H](O)Cn2nc(-c3ccc(C(F)(F)F)c(SCCN4CC[C@H](F)C4)c3)c3c2CCN(S(C)(=O)=O)C3)CC1. The van der Waals surface area contributed by atoms with Crippen molar-refractivity contribution in [1.82, 2.24) is 23.9 Å². The molecule has 1 aromatic carbocycles. The van der Waals surface area contributed by atoms with Crippen molar-refractivity contribution < 1.29 is 36.2 Å². The lowest BCUT2D eigenvalue weighted by Crippen LogP contribution is -2.45. The molecular formula is C29H41F4N5O4S2. The van der Waals surface area contributed by atoms with Crippen LogP contribution in [0.5, 0.6) is 0 Å². The highest BCUT2D eigenvalue weighted by Crippen LogP contribution is 2.40. The number of hydrogen-bond donors (Lipinski definition) is 2. The number of aliphatic hydroxyl groups is 2. The zero-order valence-electron chi connectivity index (χ0n) is 25.1. The maximum absolute atomic E-state index is 14.0. The van der Waals surface area contributed by atoms with E-state index in [1.54, 1.807) is 11.6 Å². The molecule has 0 spiro atoms. The van der Waals surface area contributed by atoms with Gasteiger partial charge in [0.2, 0.25) is 10.0 Å². The molecule has 5 rings (SSSR count). The zero-order chi connectivity index (χ0) is 31.9. The van der Waals surface area contributed by atoms with Crippen molar-refractivity contribution in [1.29, 1.82) is 0 Å². The van der Waals surface area contributed by atoms with Gasteiger partial charge < -0.3 is 15.1 Å². The van der Waals surface area contributed by atoms with Gasteiger partial charge in [-0.3, -0.25) is 9.58 Å². The van der Waals surface area contributed by atoms with Crippen LogP contribution >= 0.6 is 11.8 Å². The van der Waals surface area contributed by atoms with Crippen molar-refractivity contribution in [3.8, 4) is 11.3 Å². The Morgan fingerprint density at radius 2 is 1.86 bits per heavy atom. The number of alkyl halides is 4. The van der Waals surface area contributed by atoms with Crippen LogP contribution in [0.15, 0.2) is 23.1 Å². The van der Waals surface area contributed by atoms with Gasteiger partial charge in [-0.15, -0.1) is 11.8 Å². The molecule has 9 nitrogen and oxygen atoms in total. The predicted octanol–water partition coefficient (Wildman–Crippen LogP) is 3.23. The molecule has 2 fully saturated rings. The topological polar surface area (TPSA) is 102 Å². The fourth-order valence-electron chi connectivity index (χ4n) is 6.20. The van der Waals surface area contributed by atoms with Crippen LogP contribution in [-0.4, -0.2) is 118 Å². The van der Waals surface area contributed by atoms with Crippen LogP contribution in [0.1, 0.15) is 43.0 Å². The van der Waals surface area contributed by atoms with Crippen LogP contribution in [0.25, 0.3) is 11.3 Å². The first kappa shape index (κ1) is 33.6. The lowest BCUT2D eigenvalue weighted by molar-refractivity contribution is -0.139. The van der Waals surface area contributed by atoms with Gasteiger partial charge in [0.05, 0.1) is 35.8 Å². The van der Waals surface area contributed by atoms with Crippen molar-refractivity contribution in [2.75, 3.05) is 57.8 Å². The molecule has 0 unspecified atom stereocenters. The van der Waals surface area contributed by atoms with Crippen molar-refractivity contribution in [3.63, 3.8) is 0 Å². The lowest BCUT2D eigenvalue weighted by Gasteiger charge is -2.36. The van der Waals surface area contributed by atoms with Crippen LogP contribution < -0.4 is 0 Å². The second kappa shape index (κ2) is 13.2. The molecule has 44 heavy (non-hydrogen) atoms. The van der Waals surface area contributed by atoms with Gasteiger partial charge in [-0.25, -0.2) is 12.8 Å². The van der Waals surface area contributed by atoms with E-state index in [4.69, 9.17) is 5.10 Å². The number of aromatic nitrogens is 2. The molecule has 2 atom stereocenters. The molecule has 1 aromatic heterocycles. The number of β-amino-alcohol motifs (C(OH)–C–C–N with tert-alkyl or cyclic N) is 1. The Bertz CT molecular complexity index is 1430. The number of piperidine rings is 1. The third-order valence-corrected chi connectivity index (χ3v) is 11.1. The minimum Gasteiger partial charge on any atom is -0.390 e. The maximum Gasteiger partial charge on any atom is 0.417 e. The quantitative estimate of drug-likeness (QED) is 0.295. The van der Waals surface area contributed by atoms with E-state index in [2.05, 4.69) is 4.90 Å². The molecule has 3 aliphatic rings. The Morgan fingerprint density at radius 3 is 2.50 bits per heavy atom. The lowest BCUT2D eigenvalue weighted by atomic mass is 9.94. The number of aliphatic hydroxyl groups excluding tert-OH is 1. The van der Waals surface area contributed by atoms with Crippen molar-refractivity contribution in [2.24, 2.45) is 0 Å². The summed E-state index contributed by atoms with van der Waals surface area (Å²) in [4.78, 5) is 4.02. The molecule has 0 radical (unpaired) electrons. The van der Waals surface area contributed by atoms with Crippen molar-refractivity contribution >= 4 is 21.8 Å². The Hall–Kier alpha value is -1.75. The number of thioether (sulfide) groups is 1. The Kier molecular flexibility index (Phi) is 10.1. The summed E-state index contributed by atoms with van der Waals surface area (Å²) in [5.41, 5.74) is 0.716. The zero-order valence-corrected chi connectivity index (χ0v) is 26.7. The smallest absolute Gasteiger partial charge is 0.390 e. The largest absolute Gasteiger partial charge is 0.417 e. The average molecular weight is 664 g/mol. The molecule has 4 heterocycles. The second-order valence-corrected chi connectivity index (χ2v) is 15.6. The van der Waals surface area contributed by atoms with Gasteiger partial charge in [0.1, 0.15) is 6.17 Å². The summed E-state index contributed by atoms with van der Waals surface area (Å²) in [5.74, 6) is 0.353. The van der Waals surface area contributed by atoms with Crippen LogP contribution in [-0.2, 0) is 35.7 Å². The molecule has 0 saturated carbocycles. The van der Waals surface area contributed by atoms with E-state index in [0.29, 0.717) is 81.0 Å². The molecule has 246 valence electrons. The van der Waals surface area contributed by atoms with Crippen molar-refractivity contribution in [3.05, 3.63) is 35.0 Å². The van der Waals surface area contributed by atoms with Crippen molar-refractivity contribution in [2.45, 2.75) is 74.6 Å². The summed E-state index contributed by atoms with van der Waals surface area (Å²) in [6, 6.07) is 3.86. The first-order valence-corrected chi connectivity index (χ1v) is 17.8. The predicted molar refractivity (Wildman–Crippen MR) is 161 cm³/mol. The highest BCUT2D eigenvalue weighted by molar-refractivity contribution is 7.99. The fourth-order valence-corrected chi connectivity index (χ4v) is 8.11. The number of hydrogen-bond acceptors (Lipinski definition) is 8. The Labute approximate surface area is 260 Å². The average Bonchev–Trinajstić information content (AvgIpc) is 3.51. The van der Waals surface area contributed by atoms with Gasteiger partial charge in [0, 0.05) is 86.2 Å². The summed E-state index contributed by atoms with van der Waals surface area (Å²) in [6.07, 6.45) is -3.16.